The van der Waals surface area contributed by atoms with Crippen LogP contribution >= 0.6 is 10.7 Å². The van der Waals surface area contributed by atoms with E-state index in [0.717, 1.165) is 0 Å². The lowest BCUT2D eigenvalue weighted by atomic mass is 10.1. The molecule has 0 fully saturated rings. The Morgan fingerprint density at radius 3 is 2.41 bits per heavy atom. The molecule has 0 bridgehead atoms. The Morgan fingerprint density at radius 1 is 1.35 bits per heavy atom. The van der Waals surface area contributed by atoms with Crippen molar-refractivity contribution in [3.63, 3.8) is 0 Å². The summed E-state index contributed by atoms with van der Waals surface area (Å²) < 4.78 is 51.5. The van der Waals surface area contributed by atoms with E-state index in [1.807, 2.05) is 0 Å². The minimum absolute atomic E-state index is 0.120. The average Bonchev–Trinajstić information content (AvgIpc) is 2.13. The van der Waals surface area contributed by atoms with Gasteiger partial charge in [0.2, 0.25) is 0 Å². The summed E-state index contributed by atoms with van der Waals surface area (Å²) in [4.78, 5) is -0.280. The number of benzene rings is 1. The van der Waals surface area contributed by atoms with Crippen LogP contribution in [0, 0.1) is 13.8 Å². The van der Waals surface area contributed by atoms with E-state index in [1.165, 1.54) is 6.07 Å². The number of hydrogen-bond acceptors (Lipinski definition) is 3. The molecule has 0 unspecified atom stereocenters. The molecule has 96 valence electrons. The zero-order valence-corrected chi connectivity index (χ0v) is 10.8. The lowest BCUT2D eigenvalue weighted by Crippen LogP contribution is -2.10. The Balaban J connectivity index is 3.26. The summed E-state index contributed by atoms with van der Waals surface area (Å²) in [7, 11) is 1.20. The molecule has 0 heterocycles. The van der Waals surface area contributed by atoms with E-state index in [4.69, 9.17) is 15.4 Å². The second kappa shape index (κ2) is 5.18. The van der Waals surface area contributed by atoms with Gasteiger partial charge < -0.3 is 4.74 Å². The van der Waals surface area contributed by atoms with Crippen molar-refractivity contribution >= 4 is 19.7 Å². The third kappa shape index (κ3) is 3.81. The highest BCUT2D eigenvalue weighted by Crippen LogP contribution is 2.31. The topological polar surface area (TPSA) is 43.4 Å². The molecular weight excluding hydrogens is 274 g/mol. The molecule has 17 heavy (non-hydrogen) atoms. The van der Waals surface area contributed by atoms with Gasteiger partial charge in [-0.2, -0.15) is 0 Å². The monoisotopic (exact) mass is 284 g/mol. The van der Waals surface area contributed by atoms with Gasteiger partial charge in [0.15, 0.2) is 0 Å². The van der Waals surface area contributed by atoms with Crippen LogP contribution in [0.25, 0.3) is 0 Å². The van der Waals surface area contributed by atoms with E-state index in [9.17, 15) is 17.2 Å². The first-order valence-electron chi connectivity index (χ1n) is 4.68. The molecule has 1 aromatic rings. The molecule has 0 amide bonds. The van der Waals surface area contributed by atoms with Crippen LogP contribution in [0.2, 0.25) is 0 Å². The van der Waals surface area contributed by atoms with E-state index >= 15 is 0 Å². The molecule has 0 aromatic heterocycles. The van der Waals surface area contributed by atoms with Crippen LogP contribution in [-0.4, -0.2) is 21.5 Å². The van der Waals surface area contributed by atoms with Crippen molar-refractivity contribution in [2.45, 2.75) is 25.2 Å². The van der Waals surface area contributed by atoms with Crippen LogP contribution in [-0.2, 0) is 9.05 Å². The van der Waals surface area contributed by atoms with Crippen LogP contribution in [0.3, 0.4) is 0 Å². The largest absolute Gasteiger partial charge is 0.486 e. The number of hydrogen-bond donors (Lipinski definition) is 0. The molecule has 0 aliphatic rings. The lowest BCUT2D eigenvalue weighted by Gasteiger charge is -2.13. The Hall–Kier alpha value is -0.880. The van der Waals surface area contributed by atoms with E-state index in [2.05, 4.69) is 0 Å². The standard InChI is InChI=1S/C10H11ClF2O3S/c1-6-3-7(2)10(16-5-9(12)13)8(4-6)17(11,14)15/h3-4,9H,5H2,1-2H3. The summed E-state index contributed by atoms with van der Waals surface area (Å²) in [6.45, 7) is 2.37. The molecule has 0 aliphatic carbocycles. The molecule has 1 rings (SSSR count). The maximum Gasteiger partial charge on any atom is 0.272 e. The highest BCUT2D eigenvalue weighted by molar-refractivity contribution is 8.13. The van der Waals surface area contributed by atoms with Crippen LogP contribution in [0.4, 0.5) is 8.78 Å². The summed E-state index contributed by atoms with van der Waals surface area (Å²) in [5, 5.41) is 0. The molecule has 0 radical (unpaired) electrons. The van der Waals surface area contributed by atoms with E-state index in [0.29, 0.717) is 11.1 Å². The lowest BCUT2D eigenvalue weighted by molar-refractivity contribution is 0.0801. The number of ether oxygens (including phenoxy) is 1. The molecule has 0 saturated heterocycles. The van der Waals surface area contributed by atoms with E-state index < -0.39 is 22.1 Å². The number of aryl methyl sites for hydroxylation is 2. The number of alkyl halides is 2. The Labute approximate surface area is 103 Å². The van der Waals surface area contributed by atoms with Gasteiger partial charge in [-0.25, -0.2) is 17.2 Å². The number of rotatable bonds is 4. The normalized spacial score (nSPS) is 11.9. The first-order valence-corrected chi connectivity index (χ1v) is 6.99. The van der Waals surface area contributed by atoms with Crippen molar-refractivity contribution in [2.75, 3.05) is 6.61 Å². The maximum atomic E-state index is 12.1. The van der Waals surface area contributed by atoms with Crippen LogP contribution in [0.1, 0.15) is 11.1 Å². The fraction of sp³-hybridized carbons (Fsp3) is 0.400. The van der Waals surface area contributed by atoms with Crippen molar-refractivity contribution in [3.8, 4) is 5.75 Å². The van der Waals surface area contributed by atoms with E-state index in [-0.39, 0.29) is 10.6 Å². The summed E-state index contributed by atoms with van der Waals surface area (Å²) in [5.41, 5.74) is 1.11. The highest BCUT2D eigenvalue weighted by atomic mass is 35.7. The van der Waals surface area contributed by atoms with Gasteiger partial charge in [-0.3, -0.25) is 0 Å². The number of halogens is 3. The third-order valence-corrected chi connectivity index (χ3v) is 3.33. The second-order valence-electron chi connectivity index (χ2n) is 3.55. The minimum atomic E-state index is -4.02. The van der Waals surface area contributed by atoms with Gasteiger partial charge in [-0.1, -0.05) is 6.07 Å². The van der Waals surface area contributed by atoms with Crippen molar-refractivity contribution in [2.24, 2.45) is 0 Å². The fourth-order valence-corrected chi connectivity index (χ4v) is 2.54. The van der Waals surface area contributed by atoms with Gasteiger partial charge in [-0.05, 0) is 31.0 Å². The van der Waals surface area contributed by atoms with Gasteiger partial charge in [0.25, 0.3) is 15.5 Å². The van der Waals surface area contributed by atoms with Crippen molar-refractivity contribution in [1.82, 2.24) is 0 Å². The summed E-state index contributed by atoms with van der Waals surface area (Å²) in [5.74, 6) is -0.120. The molecule has 0 spiro atoms. The fourth-order valence-electron chi connectivity index (χ4n) is 1.43. The van der Waals surface area contributed by atoms with Crippen molar-refractivity contribution in [3.05, 3.63) is 23.3 Å². The Morgan fingerprint density at radius 2 is 1.94 bits per heavy atom. The zero-order valence-electron chi connectivity index (χ0n) is 9.21. The van der Waals surface area contributed by atoms with Gasteiger partial charge in [0.1, 0.15) is 17.3 Å². The molecular formula is C10H11ClF2O3S. The quantitative estimate of drug-likeness (QED) is 0.799. The predicted octanol–water partition coefficient (Wildman–Crippen LogP) is 2.87. The first-order chi connectivity index (χ1) is 7.71. The Kier molecular flexibility index (Phi) is 4.32. The molecule has 7 heteroatoms. The highest BCUT2D eigenvalue weighted by Gasteiger charge is 2.20. The SMILES string of the molecule is Cc1cc(C)c(OCC(F)F)c(S(=O)(=O)Cl)c1. The predicted molar refractivity (Wildman–Crippen MR) is 60.5 cm³/mol. The maximum absolute atomic E-state index is 12.1. The molecule has 0 saturated carbocycles. The smallest absolute Gasteiger partial charge is 0.272 e. The van der Waals surface area contributed by atoms with Crippen molar-refractivity contribution in [1.29, 1.82) is 0 Å². The zero-order chi connectivity index (χ0) is 13.2. The minimum Gasteiger partial charge on any atom is -0.486 e. The average molecular weight is 285 g/mol. The summed E-state index contributed by atoms with van der Waals surface area (Å²) in [6.07, 6.45) is -2.68. The van der Waals surface area contributed by atoms with E-state index in [1.54, 1.807) is 19.9 Å². The molecule has 0 N–H and O–H groups in total. The second-order valence-corrected chi connectivity index (χ2v) is 6.08. The summed E-state index contributed by atoms with van der Waals surface area (Å²) in [6, 6.07) is 2.92. The van der Waals surface area contributed by atoms with Crippen LogP contribution < -0.4 is 4.74 Å². The Bertz CT molecular complexity index is 515. The van der Waals surface area contributed by atoms with Gasteiger partial charge in [0.05, 0.1) is 0 Å². The van der Waals surface area contributed by atoms with Gasteiger partial charge in [-0.15, -0.1) is 0 Å². The van der Waals surface area contributed by atoms with Crippen LogP contribution in [0.5, 0.6) is 5.75 Å². The van der Waals surface area contributed by atoms with Gasteiger partial charge >= 0.3 is 0 Å². The summed E-state index contributed by atoms with van der Waals surface area (Å²) >= 11 is 0. The molecule has 0 atom stereocenters. The van der Waals surface area contributed by atoms with Crippen LogP contribution in [0.15, 0.2) is 17.0 Å². The molecule has 3 nitrogen and oxygen atoms in total. The molecule has 0 aliphatic heterocycles. The van der Waals surface area contributed by atoms with Gasteiger partial charge in [0, 0.05) is 10.7 Å². The van der Waals surface area contributed by atoms with Crippen molar-refractivity contribution < 1.29 is 21.9 Å². The molecule has 1 aromatic carbocycles. The third-order valence-electron chi connectivity index (χ3n) is 2.00. The first kappa shape index (κ1) is 14.2.